The fourth-order valence-electron chi connectivity index (χ4n) is 2.37. The Bertz CT molecular complexity index is 760. The van der Waals surface area contributed by atoms with Crippen LogP contribution in [0.4, 0.5) is 5.13 Å². The van der Waals surface area contributed by atoms with Gasteiger partial charge in [0.2, 0.25) is 5.91 Å². The molecular formula is C16H17N3OS. The molecule has 108 valence electrons. The quantitative estimate of drug-likeness (QED) is 0.751. The Morgan fingerprint density at radius 2 is 2.24 bits per heavy atom. The molecule has 21 heavy (non-hydrogen) atoms. The SMILES string of the molecule is Cc1cnc(NC(=O)CCCc2c[nH]c3ccccc23)s1. The fraction of sp³-hybridized carbons (Fsp3) is 0.250. The normalized spacial score (nSPS) is 10.9. The topological polar surface area (TPSA) is 57.8 Å². The van der Waals surface area contributed by atoms with Gasteiger partial charge >= 0.3 is 0 Å². The molecule has 2 N–H and O–H groups in total. The van der Waals surface area contributed by atoms with Crippen molar-refractivity contribution in [2.75, 3.05) is 5.32 Å². The molecule has 0 saturated heterocycles. The van der Waals surface area contributed by atoms with Gasteiger partial charge in [0.25, 0.3) is 0 Å². The summed E-state index contributed by atoms with van der Waals surface area (Å²) in [5, 5.41) is 4.77. The highest BCUT2D eigenvalue weighted by Gasteiger charge is 2.07. The fourth-order valence-corrected chi connectivity index (χ4v) is 3.05. The number of aromatic amines is 1. The number of hydrogen-bond donors (Lipinski definition) is 2. The number of para-hydroxylation sites is 1. The molecule has 0 unspecified atom stereocenters. The van der Waals surface area contributed by atoms with E-state index in [9.17, 15) is 4.79 Å². The molecule has 0 saturated carbocycles. The number of aryl methyl sites for hydroxylation is 2. The highest BCUT2D eigenvalue weighted by molar-refractivity contribution is 7.15. The summed E-state index contributed by atoms with van der Waals surface area (Å²) in [5.41, 5.74) is 2.42. The van der Waals surface area contributed by atoms with Crippen LogP contribution in [0, 0.1) is 6.92 Å². The van der Waals surface area contributed by atoms with E-state index in [0.29, 0.717) is 11.6 Å². The van der Waals surface area contributed by atoms with Crippen molar-refractivity contribution < 1.29 is 4.79 Å². The van der Waals surface area contributed by atoms with E-state index in [4.69, 9.17) is 0 Å². The third-order valence-electron chi connectivity index (χ3n) is 3.39. The average molecular weight is 299 g/mol. The number of hydrogen-bond acceptors (Lipinski definition) is 3. The molecule has 0 aliphatic heterocycles. The van der Waals surface area contributed by atoms with Gasteiger partial charge in [-0.2, -0.15) is 0 Å². The molecule has 0 spiro atoms. The lowest BCUT2D eigenvalue weighted by Gasteiger charge is -2.01. The van der Waals surface area contributed by atoms with Gasteiger partial charge in [-0.25, -0.2) is 4.98 Å². The highest BCUT2D eigenvalue weighted by atomic mass is 32.1. The molecule has 1 amide bonds. The van der Waals surface area contributed by atoms with Crippen molar-refractivity contribution in [2.45, 2.75) is 26.2 Å². The van der Waals surface area contributed by atoms with E-state index in [1.807, 2.05) is 25.3 Å². The Kier molecular flexibility index (Phi) is 4.01. The van der Waals surface area contributed by atoms with Crippen LogP contribution in [0.1, 0.15) is 23.3 Å². The molecule has 0 bridgehead atoms. The molecular weight excluding hydrogens is 282 g/mol. The maximum Gasteiger partial charge on any atom is 0.226 e. The molecule has 2 heterocycles. The van der Waals surface area contributed by atoms with Gasteiger partial charge in [-0.15, -0.1) is 11.3 Å². The molecule has 3 rings (SSSR count). The van der Waals surface area contributed by atoms with Gasteiger partial charge in [0.05, 0.1) is 0 Å². The maximum absolute atomic E-state index is 11.9. The van der Waals surface area contributed by atoms with E-state index in [1.54, 1.807) is 6.20 Å². The number of carbonyl (C=O) groups excluding carboxylic acids is 1. The van der Waals surface area contributed by atoms with Crippen LogP contribution in [-0.4, -0.2) is 15.9 Å². The van der Waals surface area contributed by atoms with E-state index in [1.165, 1.54) is 22.3 Å². The molecule has 0 aliphatic carbocycles. The number of nitrogens with zero attached hydrogens (tertiary/aromatic N) is 1. The number of fused-ring (bicyclic) bond motifs is 1. The lowest BCUT2D eigenvalue weighted by Crippen LogP contribution is -2.11. The minimum Gasteiger partial charge on any atom is -0.361 e. The Labute approximate surface area is 127 Å². The monoisotopic (exact) mass is 299 g/mol. The van der Waals surface area contributed by atoms with Crippen LogP contribution in [0.2, 0.25) is 0 Å². The van der Waals surface area contributed by atoms with Crippen molar-refractivity contribution in [3.63, 3.8) is 0 Å². The van der Waals surface area contributed by atoms with Crippen molar-refractivity contribution in [1.29, 1.82) is 0 Å². The number of nitrogens with one attached hydrogen (secondary N) is 2. The van der Waals surface area contributed by atoms with E-state index in [0.717, 1.165) is 23.2 Å². The number of rotatable bonds is 5. The lowest BCUT2D eigenvalue weighted by molar-refractivity contribution is -0.116. The summed E-state index contributed by atoms with van der Waals surface area (Å²) < 4.78 is 0. The van der Waals surface area contributed by atoms with E-state index >= 15 is 0 Å². The zero-order chi connectivity index (χ0) is 14.7. The number of benzene rings is 1. The molecule has 2 aromatic heterocycles. The molecule has 4 nitrogen and oxygen atoms in total. The minimum atomic E-state index is 0.0317. The smallest absolute Gasteiger partial charge is 0.226 e. The van der Waals surface area contributed by atoms with Crippen LogP contribution in [0.15, 0.2) is 36.7 Å². The Hall–Kier alpha value is -2.14. The van der Waals surface area contributed by atoms with Crippen molar-refractivity contribution in [2.24, 2.45) is 0 Å². The molecule has 0 radical (unpaired) electrons. The number of thiazole rings is 1. The molecule has 0 aliphatic rings. The number of carbonyl (C=O) groups is 1. The second-order valence-electron chi connectivity index (χ2n) is 5.04. The summed E-state index contributed by atoms with van der Waals surface area (Å²) >= 11 is 1.50. The Balaban J connectivity index is 1.53. The first kappa shape index (κ1) is 13.8. The first-order valence-corrected chi connectivity index (χ1v) is 7.81. The summed E-state index contributed by atoms with van der Waals surface area (Å²) in [5.74, 6) is 0.0317. The van der Waals surface area contributed by atoms with Crippen LogP contribution in [-0.2, 0) is 11.2 Å². The molecule has 1 aromatic carbocycles. The van der Waals surface area contributed by atoms with Crippen LogP contribution in [0.25, 0.3) is 10.9 Å². The van der Waals surface area contributed by atoms with Crippen LogP contribution >= 0.6 is 11.3 Å². The second kappa shape index (κ2) is 6.10. The van der Waals surface area contributed by atoms with Gasteiger partial charge in [-0.1, -0.05) is 18.2 Å². The number of aromatic nitrogens is 2. The third kappa shape index (κ3) is 3.31. The number of H-pyrrole nitrogens is 1. The van der Waals surface area contributed by atoms with Gasteiger partial charge in [0.15, 0.2) is 5.13 Å². The second-order valence-corrected chi connectivity index (χ2v) is 6.27. The summed E-state index contributed by atoms with van der Waals surface area (Å²) in [6.07, 6.45) is 6.05. The van der Waals surface area contributed by atoms with Gasteiger partial charge in [-0.3, -0.25) is 4.79 Å². The minimum absolute atomic E-state index is 0.0317. The zero-order valence-electron chi connectivity index (χ0n) is 11.8. The van der Waals surface area contributed by atoms with E-state index in [-0.39, 0.29) is 5.91 Å². The van der Waals surface area contributed by atoms with Crippen molar-refractivity contribution in [3.8, 4) is 0 Å². The largest absolute Gasteiger partial charge is 0.361 e. The van der Waals surface area contributed by atoms with Crippen LogP contribution in [0.5, 0.6) is 0 Å². The summed E-state index contributed by atoms with van der Waals surface area (Å²) in [6, 6.07) is 8.24. The maximum atomic E-state index is 11.9. The molecule has 5 heteroatoms. The van der Waals surface area contributed by atoms with Crippen molar-refractivity contribution in [1.82, 2.24) is 9.97 Å². The summed E-state index contributed by atoms with van der Waals surface area (Å²) in [7, 11) is 0. The first-order valence-electron chi connectivity index (χ1n) is 6.99. The predicted molar refractivity (Wildman–Crippen MR) is 86.7 cm³/mol. The lowest BCUT2D eigenvalue weighted by atomic mass is 10.1. The third-order valence-corrected chi connectivity index (χ3v) is 4.22. The molecule has 3 aromatic rings. The summed E-state index contributed by atoms with van der Waals surface area (Å²) in [4.78, 5) is 20.4. The van der Waals surface area contributed by atoms with Crippen molar-refractivity contribution in [3.05, 3.63) is 47.1 Å². The highest BCUT2D eigenvalue weighted by Crippen LogP contribution is 2.20. The number of anilines is 1. The van der Waals surface area contributed by atoms with Gasteiger partial charge in [0.1, 0.15) is 0 Å². The Morgan fingerprint density at radius 1 is 1.38 bits per heavy atom. The van der Waals surface area contributed by atoms with E-state index in [2.05, 4.69) is 27.4 Å². The number of amides is 1. The molecule has 0 atom stereocenters. The standard InChI is InChI=1S/C16H17N3OS/c1-11-9-18-16(21-11)19-15(20)8-4-5-12-10-17-14-7-3-2-6-13(12)14/h2-3,6-7,9-10,17H,4-5,8H2,1H3,(H,18,19,20). The summed E-state index contributed by atoms with van der Waals surface area (Å²) in [6.45, 7) is 1.98. The van der Waals surface area contributed by atoms with Gasteiger partial charge in [-0.05, 0) is 31.4 Å². The van der Waals surface area contributed by atoms with Crippen molar-refractivity contribution >= 4 is 33.3 Å². The predicted octanol–water partition coefficient (Wildman–Crippen LogP) is 3.89. The van der Waals surface area contributed by atoms with Crippen LogP contribution < -0.4 is 5.32 Å². The van der Waals surface area contributed by atoms with Crippen LogP contribution in [0.3, 0.4) is 0 Å². The van der Waals surface area contributed by atoms with Gasteiger partial charge < -0.3 is 10.3 Å². The average Bonchev–Trinajstić information content (AvgIpc) is 3.06. The molecule has 0 fully saturated rings. The van der Waals surface area contributed by atoms with E-state index < -0.39 is 0 Å². The first-order chi connectivity index (χ1) is 10.2. The zero-order valence-corrected chi connectivity index (χ0v) is 12.7. The Morgan fingerprint density at radius 3 is 3.05 bits per heavy atom. The van der Waals surface area contributed by atoms with Gasteiger partial charge in [0, 0.05) is 34.6 Å².